The molecular formula is C13H12N2O. The van der Waals surface area contributed by atoms with Crippen molar-refractivity contribution in [1.82, 2.24) is 4.98 Å². The number of nitrogens with zero attached hydrogens (tertiary/aromatic N) is 1. The molecule has 1 heterocycles. The van der Waals surface area contributed by atoms with Crippen LogP contribution in [0.5, 0.6) is 0 Å². The normalized spacial score (nSPS) is 10.1. The minimum Gasteiger partial charge on any atom is -0.366 e. The fourth-order valence-electron chi connectivity index (χ4n) is 1.49. The first-order valence-corrected chi connectivity index (χ1v) is 5.00. The second-order valence-electron chi connectivity index (χ2n) is 3.63. The third-order valence-electron chi connectivity index (χ3n) is 2.39. The van der Waals surface area contributed by atoms with Crippen molar-refractivity contribution >= 4 is 5.91 Å². The van der Waals surface area contributed by atoms with Gasteiger partial charge in [0.1, 0.15) is 0 Å². The number of hydrogen-bond donors (Lipinski definition) is 1. The summed E-state index contributed by atoms with van der Waals surface area (Å²) in [5.41, 5.74) is 8.64. The van der Waals surface area contributed by atoms with Crippen LogP contribution in [0, 0.1) is 6.92 Å². The molecule has 2 N–H and O–H groups in total. The van der Waals surface area contributed by atoms with Crippen LogP contribution in [0.25, 0.3) is 11.1 Å². The summed E-state index contributed by atoms with van der Waals surface area (Å²) in [6.45, 7) is 1.93. The molecule has 1 amide bonds. The predicted octanol–water partition coefficient (Wildman–Crippen LogP) is 2.16. The maximum Gasteiger partial charge on any atom is 0.248 e. The van der Waals surface area contributed by atoms with Crippen molar-refractivity contribution in [3.8, 4) is 11.1 Å². The Morgan fingerprint density at radius 3 is 2.62 bits per heavy atom. The highest BCUT2D eigenvalue weighted by Crippen LogP contribution is 2.19. The monoisotopic (exact) mass is 212 g/mol. The van der Waals surface area contributed by atoms with Crippen molar-refractivity contribution in [2.24, 2.45) is 5.73 Å². The van der Waals surface area contributed by atoms with Crippen LogP contribution in [-0.4, -0.2) is 10.9 Å². The lowest BCUT2D eigenvalue weighted by atomic mass is 10.0. The molecule has 0 aliphatic heterocycles. The molecule has 2 aromatic rings. The highest BCUT2D eigenvalue weighted by molar-refractivity contribution is 5.94. The third kappa shape index (κ3) is 2.08. The molecule has 0 spiro atoms. The number of benzene rings is 1. The van der Waals surface area contributed by atoms with Crippen LogP contribution in [0.15, 0.2) is 42.6 Å². The minimum absolute atomic E-state index is 0.415. The average molecular weight is 212 g/mol. The van der Waals surface area contributed by atoms with E-state index < -0.39 is 5.91 Å². The summed E-state index contributed by atoms with van der Waals surface area (Å²) in [4.78, 5) is 15.3. The molecule has 0 fully saturated rings. The number of nitrogens with two attached hydrogens (primary N) is 1. The van der Waals surface area contributed by atoms with Crippen molar-refractivity contribution in [2.45, 2.75) is 6.92 Å². The molecule has 0 unspecified atom stereocenters. The predicted molar refractivity (Wildman–Crippen MR) is 62.9 cm³/mol. The van der Waals surface area contributed by atoms with Gasteiger partial charge >= 0.3 is 0 Å². The van der Waals surface area contributed by atoms with Crippen molar-refractivity contribution in [3.05, 3.63) is 53.9 Å². The van der Waals surface area contributed by atoms with Gasteiger partial charge < -0.3 is 5.73 Å². The van der Waals surface area contributed by atoms with E-state index in [9.17, 15) is 4.79 Å². The Bertz CT molecular complexity index is 518. The molecule has 0 aliphatic rings. The third-order valence-corrected chi connectivity index (χ3v) is 2.39. The summed E-state index contributed by atoms with van der Waals surface area (Å²) in [7, 11) is 0. The van der Waals surface area contributed by atoms with Crippen LogP contribution in [0.2, 0.25) is 0 Å². The van der Waals surface area contributed by atoms with Gasteiger partial charge in [0.2, 0.25) is 5.91 Å². The van der Waals surface area contributed by atoms with E-state index in [1.165, 1.54) is 0 Å². The SMILES string of the molecule is Cc1ccc(-c2cccc(C(N)=O)c2)cn1. The second kappa shape index (κ2) is 4.14. The Morgan fingerprint density at radius 2 is 2.00 bits per heavy atom. The van der Waals surface area contributed by atoms with Crippen LogP contribution in [0.1, 0.15) is 16.1 Å². The Morgan fingerprint density at radius 1 is 1.19 bits per heavy atom. The van der Waals surface area contributed by atoms with E-state index in [-0.39, 0.29) is 0 Å². The molecule has 1 aromatic carbocycles. The van der Waals surface area contributed by atoms with Crippen LogP contribution in [0.4, 0.5) is 0 Å². The van der Waals surface area contributed by atoms with E-state index in [1.807, 2.05) is 31.2 Å². The molecular weight excluding hydrogens is 200 g/mol. The quantitative estimate of drug-likeness (QED) is 0.829. The maximum absolute atomic E-state index is 11.0. The Kier molecular flexibility index (Phi) is 2.68. The molecule has 0 aliphatic carbocycles. The van der Waals surface area contributed by atoms with Crippen molar-refractivity contribution in [3.63, 3.8) is 0 Å². The van der Waals surface area contributed by atoms with Gasteiger partial charge in [-0.15, -0.1) is 0 Å². The molecule has 0 radical (unpaired) electrons. The first kappa shape index (κ1) is 10.4. The second-order valence-corrected chi connectivity index (χ2v) is 3.63. The Labute approximate surface area is 93.9 Å². The summed E-state index contributed by atoms with van der Waals surface area (Å²) in [5.74, 6) is -0.415. The molecule has 3 heteroatoms. The lowest BCUT2D eigenvalue weighted by Crippen LogP contribution is -2.10. The van der Waals surface area contributed by atoms with Gasteiger partial charge in [0.25, 0.3) is 0 Å². The van der Waals surface area contributed by atoms with Crippen LogP contribution >= 0.6 is 0 Å². The van der Waals surface area contributed by atoms with Gasteiger partial charge in [-0.05, 0) is 30.7 Å². The first-order chi connectivity index (χ1) is 7.66. The lowest BCUT2D eigenvalue weighted by Gasteiger charge is -2.03. The zero-order valence-electron chi connectivity index (χ0n) is 8.97. The summed E-state index contributed by atoms with van der Waals surface area (Å²) in [6.07, 6.45) is 1.79. The standard InChI is InChI=1S/C13H12N2O/c1-9-5-6-12(8-15-9)10-3-2-4-11(7-10)13(14)16/h2-8H,1H3,(H2,14,16). The molecule has 0 saturated carbocycles. The molecule has 0 atom stereocenters. The van der Waals surface area contributed by atoms with Gasteiger partial charge in [-0.25, -0.2) is 0 Å². The zero-order valence-corrected chi connectivity index (χ0v) is 8.97. The van der Waals surface area contributed by atoms with Gasteiger partial charge in [0.15, 0.2) is 0 Å². The summed E-state index contributed by atoms with van der Waals surface area (Å²) in [6, 6.07) is 11.1. The fraction of sp³-hybridized carbons (Fsp3) is 0.0769. The Hall–Kier alpha value is -2.16. The molecule has 16 heavy (non-hydrogen) atoms. The van der Waals surface area contributed by atoms with Crippen molar-refractivity contribution < 1.29 is 4.79 Å². The average Bonchev–Trinajstić information content (AvgIpc) is 2.30. The number of pyridine rings is 1. The molecule has 1 aromatic heterocycles. The largest absolute Gasteiger partial charge is 0.366 e. The molecule has 3 nitrogen and oxygen atoms in total. The fourth-order valence-corrected chi connectivity index (χ4v) is 1.49. The van der Waals surface area contributed by atoms with Crippen molar-refractivity contribution in [2.75, 3.05) is 0 Å². The van der Waals surface area contributed by atoms with E-state index in [2.05, 4.69) is 4.98 Å². The highest BCUT2D eigenvalue weighted by Gasteiger charge is 2.03. The zero-order chi connectivity index (χ0) is 11.5. The number of aryl methyl sites for hydroxylation is 1. The van der Waals surface area contributed by atoms with Crippen molar-refractivity contribution in [1.29, 1.82) is 0 Å². The van der Waals surface area contributed by atoms with Crippen LogP contribution in [0.3, 0.4) is 0 Å². The molecule has 2 rings (SSSR count). The highest BCUT2D eigenvalue weighted by atomic mass is 16.1. The van der Waals surface area contributed by atoms with Crippen LogP contribution in [-0.2, 0) is 0 Å². The molecule has 0 saturated heterocycles. The van der Waals surface area contributed by atoms with E-state index in [0.717, 1.165) is 16.8 Å². The molecule has 80 valence electrons. The number of carbonyl (C=O) groups excluding carboxylic acids is 1. The topological polar surface area (TPSA) is 56.0 Å². The van der Waals surface area contributed by atoms with Gasteiger partial charge in [-0.2, -0.15) is 0 Å². The van der Waals surface area contributed by atoms with E-state index >= 15 is 0 Å². The van der Waals surface area contributed by atoms with E-state index in [1.54, 1.807) is 18.3 Å². The van der Waals surface area contributed by atoms with Gasteiger partial charge in [0.05, 0.1) is 0 Å². The first-order valence-electron chi connectivity index (χ1n) is 5.00. The van der Waals surface area contributed by atoms with Gasteiger partial charge in [0, 0.05) is 23.0 Å². The Balaban J connectivity index is 2.44. The summed E-state index contributed by atoms with van der Waals surface area (Å²) in [5, 5.41) is 0. The maximum atomic E-state index is 11.0. The lowest BCUT2D eigenvalue weighted by molar-refractivity contribution is 0.100. The molecule has 0 bridgehead atoms. The van der Waals surface area contributed by atoms with Gasteiger partial charge in [-0.3, -0.25) is 9.78 Å². The summed E-state index contributed by atoms with van der Waals surface area (Å²) < 4.78 is 0. The van der Waals surface area contributed by atoms with Crippen LogP contribution < -0.4 is 5.73 Å². The smallest absolute Gasteiger partial charge is 0.248 e. The van der Waals surface area contributed by atoms with E-state index in [4.69, 9.17) is 5.73 Å². The number of carbonyl (C=O) groups is 1. The number of aromatic nitrogens is 1. The number of hydrogen-bond acceptors (Lipinski definition) is 2. The minimum atomic E-state index is -0.415. The number of primary amides is 1. The summed E-state index contributed by atoms with van der Waals surface area (Å²) >= 11 is 0. The van der Waals surface area contributed by atoms with Gasteiger partial charge in [-0.1, -0.05) is 18.2 Å². The number of amides is 1. The van der Waals surface area contributed by atoms with E-state index in [0.29, 0.717) is 5.56 Å². The number of rotatable bonds is 2.